The molecule has 0 radical (unpaired) electrons. The van der Waals surface area contributed by atoms with E-state index in [1.54, 1.807) is 6.07 Å². The molecule has 0 spiro atoms. The van der Waals surface area contributed by atoms with Crippen molar-refractivity contribution in [2.45, 2.75) is 39.0 Å². The largest absolute Gasteiger partial charge is 0.439 e. The highest BCUT2D eigenvalue weighted by Gasteiger charge is 2.21. The van der Waals surface area contributed by atoms with Crippen molar-refractivity contribution >= 4 is 11.6 Å². The Kier molecular flexibility index (Phi) is 5.37. The van der Waals surface area contributed by atoms with Crippen LogP contribution in [0.1, 0.15) is 37.9 Å². The van der Waals surface area contributed by atoms with Gasteiger partial charge in [-0.05, 0) is 56.2 Å². The summed E-state index contributed by atoms with van der Waals surface area (Å²) in [6, 6.07) is 13.1. The highest BCUT2D eigenvalue weighted by molar-refractivity contribution is 5.92. The van der Waals surface area contributed by atoms with Crippen LogP contribution in [0.5, 0.6) is 11.6 Å². The molecular weight excluding hydrogens is 352 g/mol. The van der Waals surface area contributed by atoms with Crippen molar-refractivity contribution < 1.29 is 9.53 Å². The normalized spacial score (nSPS) is 14.6. The Hall–Kier alpha value is -3.15. The van der Waals surface area contributed by atoms with Crippen molar-refractivity contribution in [2.24, 2.45) is 5.92 Å². The molecule has 28 heavy (non-hydrogen) atoms. The highest BCUT2D eigenvalue weighted by atomic mass is 16.5. The smallest absolute Gasteiger partial charge is 0.227 e. The Labute approximate surface area is 164 Å². The van der Waals surface area contributed by atoms with Crippen LogP contribution < -0.4 is 10.1 Å². The molecule has 1 amide bonds. The summed E-state index contributed by atoms with van der Waals surface area (Å²) in [4.78, 5) is 21.2. The number of aryl methyl sites for hydroxylation is 1. The molecule has 1 aliphatic carbocycles. The van der Waals surface area contributed by atoms with E-state index in [4.69, 9.17) is 4.74 Å². The van der Waals surface area contributed by atoms with Crippen molar-refractivity contribution in [1.29, 1.82) is 0 Å². The minimum atomic E-state index is 0.121. The number of anilines is 1. The lowest BCUT2D eigenvalue weighted by Gasteiger charge is -2.20. The number of carbonyl (C=O) groups is 1. The van der Waals surface area contributed by atoms with E-state index >= 15 is 0 Å². The van der Waals surface area contributed by atoms with E-state index in [0.29, 0.717) is 17.5 Å². The van der Waals surface area contributed by atoms with Gasteiger partial charge < -0.3 is 14.6 Å². The SMILES string of the molecule is Cc1nc(Oc2ccc(NC(=O)C3CCCCC3)cc2)cc(-n2cccc2)n1. The summed E-state index contributed by atoms with van der Waals surface area (Å²) in [6.07, 6.45) is 9.37. The Morgan fingerprint density at radius 1 is 1.07 bits per heavy atom. The van der Waals surface area contributed by atoms with Crippen LogP contribution >= 0.6 is 0 Å². The van der Waals surface area contributed by atoms with E-state index in [1.165, 1.54) is 6.42 Å². The van der Waals surface area contributed by atoms with E-state index in [9.17, 15) is 4.79 Å². The number of hydrogen-bond donors (Lipinski definition) is 1. The number of hydrogen-bond acceptors (Lipinski definition) is 4. The summed E-state index contributed by atoms with van der Waals surface area (Å²) in [6.45, 7) is 1.84. The quantitative estimate of drug-likeness (QED) is 0.688. The maximum Gasteiger partial charge on any atom is 0.227 e. The molecule has 1 aromatic carbocycles. The third kappa shape index (κ3) is 4.39. The van der Waals surface area contributed by atoms with Crippen LogP contribution in [0.2, 0.25) is 0 Å². The van der Waals surface area contributed by atoms with Gasteiger partial charge in [0.25, 0.3) is 0 Å². The topological polar surface area (TPSA) is 69.0 Å². The van der Waals surface area contributed by atoms with Gasteiger partial charge >= 0.3 is 0 Å². The third-order valence-corrected chi connectivity index (χ3v) is 4.99. The molecule has 1 fully saturated rings. The number of benzene rings is 1. The second-order valence-electron chi connectivity index (χ2n) is 7.15. The number of nitrogens with one attached hydrogen (secondary N) is 1. The lowest BCUT2D eigenvalue weighted by molar-refractivity contribution is -0.120. The lowest BCUT2D eigenvalue weighted by Crippen LogP contribution is -2.24. The molecule has 2 aromatic heterocycles. The highest BCUT2D eigenvalue weighted by Crippen LogP contribution is 2.26. The first-order valence-electron chi connectivity index (χ1n) is 9.75. The van der Waals surface area contributed by atoms with Crippen molar-refractivity contribution in [3.8, 4) is 17.4 Å². The summed E-state index contributed by atoms with van der Waals surface area (Å²) in [5, 5.41) is 3.02. The molecule has 2 heterocycles. The van der Waals surface area contributed by atoms with Gasteiger partial charge in [-0.3, -0.25) is 4.79 Å². The first kappa shape index (κ1) is 18.2. The van der Waals surface area contributed by atoms with Gasteiger partial charge in [-0.15, -0.1) is 0 Å². The molecule has 6 nitrogen and oxygen atoms in total. The van der Waals surface area contributed by atoms with Crippen LogP contribution in [-0.2, 0) is 4.79 Å². The van der Waals surface area contributed by atoms with Gasteiger partial charge in [0, 0.05) is 30.1 Å². The fourth-order valence-corrected chi connectivity index (χ4v) is 3.53. The van der Waals surface area contributed by atoms with Crippen molar-refractivity contribution in [2.75, 3.05) is 5.32 Å². The van der Waals surface area contributed by atoms with Crippen LogP contribution in [0.3, 0.4) is 0 Å². The molecule has 6 heteroatoms. The number of amides is 1. The van der Waals surface area contributed by atoms with Crippen molar-refractivity contribution in [3.05, 3.63) is 60.7 Å². The second-order valence-corrected chi connectivity index (χ2v) is 7.15. The number of carbonyl (C=O) groups excluding carboxylic acids is 1. The van der Waals surface area contributed by atoms with Crippen LogP contribution in [0.4, 0.5) is 5.69 Å². The molecule has 1 aliphatic rings. The predicted octanol–water partition coefficient (Wildman–Crippen LogP) is 4.89. The molecule has 1 N–H and O–H groups in total. The van der Waals surface area contributed by atoms with E-state index in [1.807, 2.05) is 60.3 Å². The van der Waals surface area contributed by atoms with Gasteiger partial charge in [-0.2, -0.15) is 4.98 Å². The van der Waals surface area contributed by atoms with E-state index in [2.05, 4.69) is 15.3 Å². The van der Waals surface area contributed by atoms with Gasteiger partial charge in [-0.25, -0.2) is 4.98 Å². The number of ether oxygens (including phenoxy) is 1. The van der Waals surface area contributed by atoms with Gasteiger partial charge in [-0.1, -0.05) is 19.3 Å². The zero-order valence-electron chi connectivity index (χ0n) is 16.0. The number of aromatic nitrogens is 3. The molecule has 0 bridgehead atoms. The molecule has 0 saturated heterocycles. The lowest BCUT2D eigenvalue weighted by atomic mass is 9.88. The Bertz CT molecular complexity index is 930. The number of nitrogens with zero attached hydrogens (tertiary/aromatic N) is 3. The molecule has 3 aromatic rings. The minimum Gasteiger partial charge on any atom is -0.439 e. The zero-order valence-corrected chi connectivity index (χ0v) is 16.0. The number of rotatable bonds is 5. The van der Waals surface area contributed by atoms with Gasteiger partial charge in [0.05, 0.1) is 0 Å². The fourth-order valence-electron chi connectivity index (χ4n) is 3.53. The molecular formula is C22H24N4O2. The van der Waals surface area contributed by atoms with Gasteiger partial charge in [0.2, 0.25) is 11.8 Å². The van der Waals surface area contributed by atoms with E-state index < -0.39 is 0 Å². The summed E-state index contributed by atoms with van der Waals surface area (Å²) < 4.78 is 7.81. The Morgan fingerprint density at radius 3 is 2.50 bits per heavy atom. The molecule has 0 aliphatic heterocycles. The summed E-state index contributed by atoms with van der Waals surface area (Å²) in [5.74, 6) is 2.79. The van der Waals surface area contributed by atoms with Gasteiger partial charge in [0.1, 0.15) is 17.4 Å². The van der Waals surface area contributed by atoms with Crippen LogP contribution in [0.15, 0.2) is 54.9 Å². The summed E-state index contributed by atoms with van der Waals surface area (Å²) in [5.41, 5.74) is 0.787. The maximum atomic E-state index is 12.4. The monoisotopic (exact) mass is 376 g/mol. The first-order chi connectivity index (χ1) is 13.7. The standard InChI is InChI=1S/C22H24N4O2/c1-16-23-20(26-13-5-6-14-26)15-21(24-16)28-19-11-9-18(10-12-19)25-22(27)17-7-3-2-4-8-17/h5-6,9-15,17H,2-4,7-8H2,1H3,(H,25,27). The Morgan fingerprint density at radius 2 is 1.79 bits per heavy atom. The van der Waals surface area contributed by atoms with E-state index in [-0.39, 0.29) is 11.8 Å². The van der Waals surface area contributed by atoms with Crippen molar-refractivity contribution in [3.63, 3.8) is 0 Å². The summed E-state index contributed by atoms with van der Waals surface area (Å²) >= 11 is 0. The summed E-state index contributed by atoms with van der Waals surface area (Å²) in [7, 11) is 0. The Balaban J connectivity index is 1.42. The third-order valence-electron chi connectivity index (χ3n) is 4.99. The molecule has 0 atom stereocenters. The van der Waals surface area contributed by atoms with E-state index in [0.717, 1.165) is 37.2 Å². The predicted molar refractivity (Wildman–Crippen MR) is 108 cm³/mol. The minimum absolute atomic E-state index is 0.121. The maximum absolute atomic E-state index is 12.4. The second kappa shape index (κ2) is 8.25. The fraction of sp³-hybridized carbons (Fsp3) is 0.318. The average Bonchev–Trinajstić information content (AvgIpc) is 3.25. The molecule has 1 saturated carbocycles. The molecule has 144 valence electrons. The first-order valence-corrected chi connectivity index (χ1v) is 9.75. The van der Waals surface area contributed by atoms with Crippen LogP contribution in [-0.4, -0.2) is 20.4 Å². The molecule has 4 rings (SSSR count). The van der Waals surface area contributed by atoms with Crippen molar-refractivity contribution in [1.82, 2.24) is 14.5 Å². The van der Waals surface area contributed by atoms with Crippen LogP contribution in [0, 0.1) is 12.8 Å². The zero-order chi connectivity index (χ0) is 19.3. The average molecular weight is 376 g/mol. The van der Waals surface area contributed by atoms with Crippen LogP contribution in [0.25, 0.3) is 5.82 Å². The molecule has 0 unspecified atom stereocenters. The van der Waals surface area contributed by atoms with Gasteiger partial charge in [0.15, 0.2) is 0 Å².